The zero-order valence-electron chi connectivity index (χ0n) is 14.7. The van der Waals surface area contributed by atoms with Gasteiger partial charge in [0.05, 0.1) is 30.3 Å². The van der Waals surface area contributed by atoms with Gasteiger partial charge in [0.15, 0.2) is 0 Å². The first-order valence-corrected chi connectivity index (χ1v) is 8.56. The minimum atomic E-state index is -0.967. The molecule has 0 saturated carbocycles. The predicted octanol–water partition coefficient (Wildman–Crippen LogP) is 3.19. The second kappa shape index (κ2) is 7.42. The lowest BCUT2D eigenvalue weighted by atomic mass is 10.1. The van der Waals surface area contributed by atoms with Crippen molar-refractivity contribution in [1.29, 1.82) is 0 Å². The highest BCUT2D eigenvalue weighted by atomic mass is 16.4. The van der Waals surface area contributed by atoms with E-state index in [0.717, 1.165) is 27.9 Å². The second-order valence-electron chi connectivity index (χ2n) is 6.22. The number of rotatable bonds is 5. The van der Waals surface area contributed by atoms with E-state index < -0.39 is 5.97 Å². The summed E-state index contributed by atoms with van der Waals surface area (Å²) in [6, 6.07) is 16.0. The van der Waals surface area contributed by atoms with E-state index in [2.05, 4.69) is 15.3 Å². The van der Waals surface area contributed by atoms with E-state index in [9.17, 15) is 9.90 Å². The number of hydrogen-bond acceptors (Lipinski definition) is 5. The Labute approximate surface area is 160 Å². The van der Waals surface area contributed by atoms with Crippen molar-refractivity contribution in [3.63, 3.8) is 0 Å². The van der Waals surface area contributed by atoms with E-state index in [4.69, 9.17) is 5.11 Å². The normalized spacial score (nSPS) is 10.8. The Morgan fingerprint density at radius 3 is 2.32 bits per heavy atom. The molecule has 2 aromatic heterocycles. The first-order chi connectivity index (χ1) is 13.6. The first kappa shape index (κ1) is 17.6. The number of carbonyl (C=O) groups is 1. The van der Waals surface area contributed by atoms with E-state index in [0.29, 0.717) is 5.69 Å². The molecule has 0 unspecified atom stereocenters. The molecule has 7 heteroatoms. The molecule has 0 bridgehead atoms. The van der Waals surface area contributed by atoms with Crippen LogP contribution in [0, 0.1) is 0 Å². The zero-order valence-corrected chi connectivity index (χ0v) is 14.7. The molecular weight excluding hydrogens is 356 g/mol. The molecule has 4 rings (SSSR count). The van der Waals surface area contributed by atoms with Gasteiger partial charge in [-0.05, 0) is 29.3 Å². The molecule has 0 spiro atoms. The highest BCUT2D eigenvalue weighted by molar-refractivity contribution is 5.88. The molecule has 7 nitrogen and oxygen atoms in total. The average molecular weight is 372 g/mol. The summed E-state index contributed by atoms with van der Waals surface area (Å²) in [5.74, 6) is -0.967. The molecule has 0 amide bonds. The SMILES string of the molecule is O=C(O)c1ccc(-c2cn(-c3cncc(-c4ccc(CO)cc4)c3)nn2)cc1. The van der Waals surface area contributed by atoms with Gasteiger partial charge in [-0.15, -0.1) is 5.10 Å². The van der Waals surface area contributed by atoms with Crippen LogP contribution in [-0.4, -0.2) is 36.2 Å². The minimum absolute atomic E-state index is 0.00769. The zero-order chi connectivity index (χ0) is 19.5. The number of aliphatic hydroxyl groups is 1. The third-order valence-electron chi connectivity index (χ3n) is 4.38. The third-order valence-corrected chi connectivity index (χ3v) is 4.38. The quantitative estimate of drug-likeness (QED) is 0.558. The van der Waals surface area contributed by atoms with Crippen molar-refractivity contribution < 1.29 is 15.0 Å². The van der Waals surface area contributed by atoms with Gasteiger partial charge in [-0.1, -0.05) is 41.6 Å². The van der Waals surface area contributed by atoms with Gasteiger partial charge in [0.25, 0.3) is 0 Å². The van der Waals surface area contributed by atoms with Crippen molar-refractivity contribution in [1.82, 2.24) is 20.0 Å². The van der Waals surface area contributed by atoms with E-state index in [-0.39, 0.29) is 12.2 Å². The van der Waals surface area contributed by atoms with Crippen molar-refractivity contribution in [2.45, 2.75) is 6.61 Å². The molecule has 0 fully saturated rings. The average Bonchev–Trinajstić information content (AvgIpc) is 3.24. The topological polar surface area (TPSA) is 101 Å². The smallest absolute Gasteiger partial charge is 0.335 e. The fraction of sp³-hybridized carbons (Fsp3) is 0.0476. The number of aromatic carboxylic acids is 1. The van der Waals surface area contributed by atoms with E-state index in [1.165, 1.54) is 12.1 Å². The molecular formula is C21H16N4O3. The number of aromatic nitrogens is 4. The van der Waals surface area contributed by atoms with Crippen molar-refractivity contribution >= 4 is 5.97 Å². The molecule has 0 radical (unpaired) electrons. The number of carboxylic acids is 1. The number of benzene rings is 2. The van der Waals surface area contributed by atoms with Crippen LogP contribution in [0.5, 0.6) is 0 Å². The van der Waals surface area contributed by atoms with Crippen LogP contribution in [0.25, 0.3) is 28.1 Å². The number of nitrogens with zero attached hydrogens (tertiary/aromatic N) is 4. The van der Waals surface area contributed by atoms with E-state index in [1.807, 2.05) is 30.3 Å². The van der Waals surface area contributed by atoms with Crippen LogP contribution in [0.2, 0.25) is 0 Å². The largest absolute Gasteiger partial charge is 0.478 e. The summed E-state index contributed by atoms with van der Waals surface area (Å²) >= 11 is 0. The molecule has 0 aliphatic heterocycles. The minimum Gasteiger partial charge on any atom is -0.478 e. The van der Waals surface area contributed by atoms with Crippen molar-refractivity contribution in [2.24, 2.45) is 0 Å². The van der Waals surface area contributed by atoms with Crippen LogP contribution in [0.3, 0.4) is 0 Å². The van der Waals surface area contributed by atoms with E-state index in [1.54, 1.807) is 35.4 Å². The Balaban J connectivity index is 1.62. The Hall–Kier alpha value is -3.84. The molecule has 0 aliphatic rings. The molecule has 2 heterocycles. The summed E-state index contributed by atoms with van der Waals surface area (Å²) in [5.41, 5.74) is 5.14. The molecule has 4 aromatic rings. The van der Waals surface area contributed by atoms with Crippen LogP contribution in [0.4, 0.5) is 0 Å². The van der Waals surface area contributed by atoms with Gasteiger partial charge in [-0.25, -0.2) is 9.48 Å². The summed E-state index contributed by atoms with van der Waals surface area (Å²) in [6.07, 6.45) is 5.23. The van der Waals surface area contributed by atoms with Crippen molar-refractivity contribution in [3.05, 3.63) is 84.3 Å². The van der Waals surface area contributed by atoms with Crippen molar-refractivity contribution in [2.75, 3.05) is 0 Å². The maximum absolute atomic E-state index is 11.0. The molecule has 138 valence electrons. The summed E-state index contributed by atoms with van der Waals surface area (Å²) < 4.78 is 1.62. The predicted molar refractivity (Wildman–Crippen MR) is 103 cm³/mol. The van der Waals surface area contributed by atoms with Gasteiger partial charge in [0.2, 0.25) is 0 Å². The Kier molecular flexibility index (Phi) is 4.65. The highest BCUT2D eigenvalue weighted by Gasteiger charge is 2.09. The lowest BCUT2D eigenvalue weighted by molar-refractivity contribution is 0.0697. The number of pyridine rings is 1. The second-order valence-corrected chi connectivity index (χ2v) is 6.22. The summed E-state index contributed by atoms with van der Waals surface area (Å²) in [4.78, 5) is 15.3. The number of hydrogen-bond donors (Lipinski definition) is 2. The Morgan fingerprint density at radius 2 is 1.64 bits per heavy atom. The van der Waals surface area contributed by atoms with Gasteiger partial charge >= 0.3 is 5.97 Å². The van der Waals surface area contributed by atoms with Crippen molar-refractivity contribution in [3.8, 4) is 28.1 Å². The number of carboxylic acid groups (broad SMARTS) is 1. The molecule has 2 N–H and O–H groups in total. The summed E-state index contributed by atoms with van der Waals surface area (Å²) in [6.45, 7) is 0.00769. The van der Waals surface area contributed by atoms with Crippen LogP contribution in [-0.2, 0) is 6.61 Å². The van der Waals surface area contributed by atoms with Crippen LogP contribution in [0.15, 0.2) is 73.2 Å². The fourth-order valence-corrected chi connectivity index (χ4v) is 2.82. The van der Waals surface area contributed by atoms with Gasteiger partial charge in [0.1, 0.15) is 5.69 Å². The number of aliphatic hydroxyl groups excluding tert-OH is 1. The molecule has 0 aliphatic carbocycles. The highest BCUT2D eigenvalue weighted by Crippen LogP contribution is 2.23. The fourth-order valence-electron chi connectivity index (χ4n) is 2.82. The van der Waals surface area contributed by atoms with Gasteiger partial charge in [0, 0.05) is 17.3 Å². The van der Waals surface area contributed by atoms with Crippen LogP contribution >= 0.6 is 0 Å². The molecule has 0 atom stereocenters. The lowest BCUT2D eigenvalue weighted by Gasteiger charge is -2.05. The maximum Gasteiger partial charge on any atom is 0.335 e. The first-order valence-electron chi connectivity index (χ1n) is 8.56. The Morgan fingerprint density at radius 1 is 0.929 bits per heavy atom. The van der Waals surface area contributed by atoms with E-state index >= 15 is 0 Å². The van der Waals surface area contributed by atoms with Crippen LogP contribution in [0.1, 0.15) is 15.9 Å². The maximum atomic E-state index is 11.0. The van der Waals surface area contributed by atoms with Gasteiger partial charge in [-0.3, -0.25) is 4.98 Å². The van der Waals surface area contributed by atoms with Gasteiger partial charge in [-0.2, -0.15) is 0 Å². The molecule has 0 saturated heterocycles. The standard InChI is InChI=1S/C21H16N4O3/c26-13-14-1-3-15(4-2-14)18-9-19(11-22-10-18)25-12-20(23-24-25)16-5-7-17(8-6-16)21(27)28/h1-12,26H,13H2,(H,27,28). The van der Waals surface area contributed by atoms with Crippen LogP contribution < -0.4 is 0 Å². The third kappa shape index (κ3) is 3.51. The summed E-state index contributed by atoms with van der Waals surface area (Å²) in [7, 11) is 0. The summed E-state index contributed by atoms with van der Waals surface area (Å²) in [5, 5.41) is 26.5. The molecule has 2 aromatic carbocycles. The molecule has 28 heavy (non-hydrogen) atoms. The monoisotopic (exact) mass is 372 g/mol. The van der Waals surface area contributed by atoms with Gasteiger partial charge < -0.3 is 10.2 Å². The Bertz CT molecular complexity index is 1120. The lowest BCUT2D eigenvalue weighted by Crippen LogP contribution is -1.96.